The lowest BCUT2D eigenvalue weighted by Gasteiger charge is -2.32. The Morgan fingerprint density at radius 1 is 1.37 bits per heavy atom. The molecule has 2 rings (SSSR count). The second-order valence-electron chi connectivity index (χ2n) is 5.36. The zero-order chi connectivity index (χ0) is 13.7. The number of likely N-dealkylation sites (tertiary alicyclic amines) is 1. The zero-order valence-corrected chi connectivity index (χ0v) is 12.3. The highest BCUT2D eigenvalue weighted by Crippen LogP contribution is 2.23. The van der Waals surface area contributed by atoms with Gasteiger partial charge in [0.2, 0.25) is 0 Å². The van der Waals surface area contributed by atoms with E-state index in [2.05, 4.69) is 6.92 Å². The Labute approximate surface area is 120 Å². The summed E-state index contributed by atoms with van der Waals surface area (Å²) < 4.78 is 0. The molecule has 1 aromatic carbocycles. The minimum atomic E-state index is 0.155. The van der Waals surface area contributed by atoms with Gasteiger partial charge in [0.05, 0.1) is 0 Å². The number of hydrogen-bond donors (Lipinski definition) is 0. The second-order valence-corrected chi connectivity index (χ2v) is 5.63. The molecule has 0 N–H and O–H groups in total. The SMILES string of the molecule is CCCC1CCN(C(=O)c2cccc(CCl)c2)CC1. The van der Waals surface area contributed by atoms with Crippen molar-refractivity contribution in [2.45, 2.75) is 38.5 Å². The zero-order valence-electron chi connectivity index (χ0n) is 11.6. The van der Waals surface area contributed by atoms with Crippen molar-refractivity contribution < 1.29 is 4.79 Å². The van der Waals surface area contributed by atoms with Crippen LogP contribution in [-0.4, -0.2) is 23.9 Å². The van der Waals surface area contributed by atoms with Crippen molar-refractivity contribution in [3.8, 4) is 0 Å². The molecular weight excluding hydrogens is 258 g/mol. The van der Waals surface area contributed by atoms with E-state index < -0.39 is 0 Å². The molecule has 1 saturated heterocycles. The van der Waals surface area contributed by atoms with Crippen LogP contribution in [0.1, 0.15) is 48.5 Å². The normalized spacial score (nSPS) is 16.6. The molecule has 19 heavy (non-hydrogen) atoms. The van der Waals surface area contributed by atoms with Crippen molar-refractivity contribution in [2.75, 3.05) is 13.1 Å². The number of carbonyl (C=O) groups is 1. The summed E-state index contributed by atoms with van der Waals surface area (Å²) in [4.78, 5) is 14.4. The molecule has 1 aliphatic rings. The maximum atomic E-state index is 12.4. The Hall–Kier alpha value is -1.02. The van der Waals surface area contributed by atoms with Gasteiger partial charge in [0, 0.05) is 24.5 Å². The number of hydrogen-bond acceptors (Lipinski definition) is 1. The molecule has 0 radical (unpaired) electrons. The van der Waals surface area contributed by atoms with Crippen LogP contribution in [0.2, 0.25) is 0 Å². The second kappa shape index (κ2) is 6.95. The summed E-state index contributed by atoms with van der Waals surface area (Å²) >= 11 is 5.82. The highest BCUT2D eigenvalue weighted by molar-refractivity contribution is 6.17. The number of nitrogens with zero attached hydrogens (tertiary/aromatic N) is 1. The smallest absolute Gasteiger partial charge is 0.253 e. The van der Waals surface area contributed by atoms with Gasteiger partial charge in [0.25, 0.3) is 5.91 Å². The number of rotatable bonds is 4. The fourth-order valence-electron chi connectivity index (χ4n) is 2.80. The summed E-state index contributed by atoms with van der Waals surface area (Å²) in [6, 6.07) is 7.66. The molecule has 1 aliphatic heterocycles. The van der Waals surface area contributed by atoms with Gasteiger partial charge < -0.3 is 4.90 Å². The minimum absolute atomic E-state index is 0.155. The molecule has 0 aromatic heterocycles. The van der Waals surface area contributed by atoms with E-state index in [0.717, 1.165) is 43.0 Å². The Morgan fingerprint density at radius 3 is 2.74 bits per heavy atom. The number of alkyl halides is 1. The van der Waals surface area contributed by atoms with Gasteiger partial charge in [-0.15, -0.1) is 11.6 Å². The summed E-state index contributed by atoms with van der Waals surface area (Å²) in [5.74, 6) is 1.42. The van der Waals surface area contributed by atoms with Crippen LogP contribution in [0.5, 0.6) is 0 Å². The molecule has 3 heteroatoms. The van der Waals surface area contributed by atoms with Crippen LogP contribution < -0.4 is 0 Å². The molecule has 0 saturated carbocycles. The first-order valence-electron chi connectivity index (χ1n) is 7.18. The summed E-state index contributed by atoms with van der Waals surface area (Å²) in [6.07, 6.45) is 4.84. The molecule has 104 valence electrons. The van der Waals surface area contributed by atoms with Crippen LogP contribution in [0.15, 0.2) is 24.3 Å². The number of halogens is 1. The van der Waals surface area contributed by atoms with Crippen LogP contribution in [0.3, 0.4) is 0 Å². The van der Waals surface area contributed by atoms with Crippen LogP contribution >= 0.6 is 11.6 Å². The number of piperidine rings is 1. The average molecular weight is 280 g/mol. The Bertz CT molecular complexity index is 425. The van der Waals surface area contributed by atoms with E-state index in [9.17, 15) is 4.79 Å². The molecule has 1 amide bonds. The van der Waals surface area contributed by atoms with E-state index in [1.807, 2.05) is 29.2 Å². The Morgan fingerprint density at radius 2 is 2.11 bits per heavy atom. The van der Waals surface area contributed by atoms with Gasteiger partial charge in [-0.25, -0.2) is 0 Å². The topological polar surface area (TPSA) is 20.3 Å². The lowest BCUT2D eigenvalue weighted by atomic mass is 9.92. The van der Waals surface area contributed by atoms with Gasteiger partial charge in [-0.1, -0.05) is 31.9 Å². The molecule has 1 heterocycles. The fourth-order valence-corrected chi connectivity index (χ4v) is 2.97. The Kier molecular flexibility index (Phi) is 5.26. The Balaban J connectivity index is 1.97. The lowest BCUT2D eigenvalue weighted by Crippen LogP contribution is -2.38. The van der Waals surface area contributed by atoms with Gasteiger partial charge in [-0.05, 0) is 36.5 Å². The molecule has 0 unspecified atom stereocenters. The molecule has 0 bridgehead atoms. The molecular formula is C16H22ClNO. The van der Waals surface area contributed by atoms with Gasteiger partial charge in [-0.3, -0.25) is 4.79 Å². The van der Waals surface area contributed by atoms with Crippen LogP contribution in [0.25, 0.3) is 0 Å². The molecule has 2 nitrogen and oxygen atoms in total. The first-order valence-corrected chi connectivity index (χ1v) is 7.72. The minimum Gasteiger partial charge on any atom is -0.339 e. The first-order chi connectivity index (χ1) is 9.24. The summed E-state index contributed by atoms with van der Waals surface area (Å²) in [5, 5.41) is 0. The fraction of sp³-hybridized carbons (Fsp3) is 0.562. The molecule has 1 aromatic rings. The largest absolute Gasteiger partial charge is 0.339 e. The van der Waals surface area contributed by atoms with E-state index in [0.29, 0.717) is 5.88 Å². The number of amides is 1. The predicted molar refractivity (Wildman–Crippen MR) is 79.5 cm³/mol. The third-order valence-electron chi connectivity index (χ3n) is 3.93. The first kappa shape index (κ1) is 14.4. The summed E-state index contributed by atoms with van der Waals surface area (Å²) in [6.45, 7) is 4.03. The van der Waals surface area contributed by atoms with Gasteiger partial charge in [0.1, 0.15) is 0 Å². The standard InChI is InChI=1S/C16H22ClNO/c1-2-4-13-7-9-18(10-8-13)16(19)15-6-3-5-14(11-15)12-17/h3,5-6,11,13H,2,4,7-10,12H2,1H3. The number of carbonyl (C=O) groups excluding carboxylic acids is 1. The predicted octanol–water partition coefficient (Wildman–Crippen LogP) is 4.08. The van der Waals surface area contributed by atoms with E-state index in [1.54, 1.807) is 0 Å². The molecule has 0 aliphatic carbocycles. The highest BCUT2D eigenvalue weighted by Gasteiger charge is 2.23. The van der Waals surface area contributed by atoms with E-state index in [4.69, 9.17) is 11.6 Å². The number of benzene rings is 1. The summed E-state index contributed by atoms with van der Waals surface area (Å²) in [5.41, 5.74) is 1.78. The van der Waals surface area contributed by atoms with Crippen LogP contribution in [-0.2, 0) is 5.88 Å². The van der Waals surface area contributed by atoms with Crippen molar-refractivity contribution >= 4 is 17.5 Å². The monoisotopic (exact) mass is 279 g/mol. The van der Waals surface area contributed by atoms with Gasteiger partial charge >= 0.3 is 0 Å². The van der Waals surface area contributed by atoms with Crippen molar-refractivity contribution in [3.63, 3.8) is 0 Å². The molecule has 0 atom stereocenters. The van der Waals surface area contributed by atoms with E-state index >= 15 is 0 Å². The summed E-state index contributed by atoms with van der Waals surface area (Å²) in [7, 11) is 0. The lowest BCUT2D eigenvalue weighted by molar-refractivity contribution is 0.0686. The van der Waals surface area contributed by atoms with E-state index in [1.165, 1.54) is 12.8 Å². The van der Waals surface area contributed by atoms with Gasteiger partial charge in [-0.2, -0.15) is 0 Å². The maximum absolute atomic E-state index is 12.4. The third kappa shape index (κ3) is 3.73. The molecule has 0 spiro atoms. The van der Waals surface area contributed by atoms with Gasteiger partial charge in [0.15, 0.2) is 0 Å². The third-order valence-corrected chi connectivity index (χ3v) is 4.24. The van der Waals surface area contributed by atoms with Crippen molar-refractivity contribution in [2.24, 2.45) is 5.92 Å². The maximum Gasteiger partial charge on any atom is 0.253 e. The van der Waals surface area contributed by atoms with Crippen molar-refractivity contribution in [1.82, 2.24) is 4.90 Å². The average Bonchev–Trinajstić information content (AvgIpc) is 2.48. The molecule has 1 fully saturated rings. The quantitative estimate of drug-likeness (QED) is 0.761. The van der Waals surface area contributed by atoms with Crippen molar-refractivity contribution in [1.29, 1.82) is 0 Å². The highest BCUT2D eigenvalue weighted by atomic mass is 35.5. The van der Waals surface area contributed by atoms with Crippen LogP contribution in [0, 0.1) is 5.92 Å². The van der Waals surface area contributed by atoms with Crippen LogP contribution in [0.4, 0.5) is 0 Å². The van der Waals surface area contributed by atoms with Crippen molar-refractivity contribution in [3.05, 3.63) is 35.4 Å². The van der Waals surface area contributed by atoms with E-state index in [-0.39, 0.29) is 5.91 Å².